The molecule has 0 amide bonds. The molecule has 0 saturated heterocycles. The SMILES string of the molecule is Fc1cccc(F)c1B1c2ccccc2-c2ncccc21. The Hall–Kier alpha value is -2.49. The van der Waals surface area contributed by atoms with Crippen molar-refractivity contribution in [2.45, 2.75) is 0 Å². The maximum Gasteiger partial charge on any atom is 0.252 e. The third-order valence-corrected chi connectivity index (χ3v) is 3.97. The minimum absolute atomic E-state index is 0.0942. The van der Waals surface area contributed by atoms with Crippen LogP contribution >= 0.6 is 0 Å². The lowest BCUT2D eigenvalue weighted by Crippen LogP contribution is -2.51. The monoisotopic (exact) mass is 277 g/mol. The van der Waals surface area contributed by atoms with Crippen molar-refractivity contribution in [1.29, 1.82) is 0 Å². The highest BCUT2D eigenvalue weighted by atomic mass is 19.1. The van der Waals surface area contributed by atoms with E-state index in [0.29, 0.717) is 0 Å². The van der Waals surface area contributed by atoms with E-state index in [2.05, 4.69) is 4.98 Å². The van der Waals surface area contributed by atoms with Crippen LogP contribution in [0.3, 0.4) is 0 Å². The van der Waals surface area contributed by atoms with E-state index < -0.39 is 18.3 Å². The van der Waals surface area contributed by atoms with Crippen LogP contribution in [0.5, 0.6) is 0 Å². The predicted octanol–water partition coefficient (Wildman–Crippen LogP) is 1.86. The number of aromatic nitrogens is 1. The summed E-state index contributed by atoms with van der Waals surface area (Å²) >= 11 is 0. The summed E-state index contributed by atoms with van der Waals surface area (Å²) in [6.45, 7) is -0.439. The van der Waals surface area contributed by atoms with Crippen LogP contribution in [0.15, 0.2) is 60.8 Å². The second-order valence-corrected chi connectivity index (χ2v) is 5.10. The Bertz CT molecular complexity index is 782. The number of pyridine rings is 1. The molecule has 100 valence electrons. The first-order valence-corrected chi connectivity index (χ1v) is 6.75. The van der Waals surface area contributed by atoms with Gasteiger partial charge in [0.2, 0.25) is 0 Å². The minimum atomic E-state index is -0.522. The molecule has 1 aliphatic rings. The first-order valence-electron chi connectivity index (χ1n) is 6.75. The lowest BCUT2D eigenvalue weighted by molar-refractivity contribution is 0.597. The summed E-state index contributed by atoms with van der Waals surface area (Å²) in [6.07, 6.45) is 1.70. The summed E-state index contributed by atoms with van der Waals surface area (Å²) in [5.74, 6) is -1.04. The lowest BCUT2D eigenvalue weighted by atomic mass is 9.39. The van der Waals surface area contributed by atoms with Crippen molar-refractivity contribution in [2.24, 2.45) is 0 Å². The molecule has 0 fully saturated rings. The smallest absolute Gasteiger partial charge is 0.252 e. The summed E-state index contributed by atoms with van der Waals surface area (Å²) in [4.78, 5) is 4.39. The summed E-state index contributed by atoms with van der Waals surface area (Å²) in [6, 6.07) is 15.3. The average Bonchev–Trinajstić information content (AvgIpc) is 2.83. The zero-order chi connectivity index (χ0) is 14.4. The van der Waals surface area contributed by atoms with Gasteiger partial charge >= 0.3 is 0 Å². The first-order chi connectivity index (χ1) is 10.3. The van der Waals surface area contributed by atoms with Crippen LogP contribution in [0.25, 0.3) is 11.3 Å². The Morgan fingerprint density at radius 1 is 0.762 bits per heavy atom. The van der Waals surface area contributed by atoms with Crippen LogP contribution in [0.1, 0.15) is 0 Å². The van der Waals surface area contributed by atoms with E-state index >= 15 is 0 Å². The normalized spacial score (nSPS) is 12.2. The summed E-state index contributed by atoms with van der Waals surface area (Å²) in [7, 11) is 0. The number of rotatable bonds is 1. The molecule has 0 spiro atoms. The standard InChI is InChI=1S/C17H10BF2N/c19-14-8-3-9-15(20)16(14)18-12-6-2-1-5-11(12)17-13(18)7-4-10-21-17/h1-10H. The molecular formula is C17H10BF2N. The molecule has 0 radical (unpaired) electrons. The molecule has 0 atom stereocenters. The van der Waals surface area contributed by atoms with Gasteiger partial charge in [0.15, 0.2) is 0 Å². The van der Waals surface area contributed by atoms with E-state index in [1.807, 2.05) is 30.3 Å². The predicted molar refractivity (Wildman–Crippen MR) is 80.7 cm³/mol. The van der Waals surface area contributed by atoms with Gasteiger partial charge in [-0.25, -0.2) is 8.78 Å². The fourth-order valence-corrected chi connectivity index (χ4v) is 3.11. The van der Waals surface area contributed by atoms with Crippen molar-refractivity contribution >= 4 is 23.1 Å². The maximum absolute atomic E-state index is 14.2. The van der Waals surface area contributed by atoms with Gasteiger partial charge in [-0.3, -0.25) is 4.98 Å². The number of hydrogen-bond donors (Lipinski definition) is 0. The van der Waals surface area contributed by atoms with Crippen LogP contribution in [0.4, 0.5) is 8.78 Å². The Balaban J connectivity index is 2.06. The molecule has 0 aliphatic carbocycles. The largest absolute Gasteiger partial charge is 0.257 e. The summed E-state index contributed by atoms with van der Waals surface area (Å²) < 4.78 is 28.5. The molecule has 4 heteroatoms. The quantitative estimate of drug-likeness (QED) is 0.484. The van der Waals surface area contributed by atoms with Gasteiger partial charge in [0.1, 0.15) is 11.6 Å². The molecule has 4 rings (SSSR count). The molecule has 3 aromatic rings. The Labute approximate surface area is 121 Å². The highest BCUT2D eigenvalue weighted by molar-refractivity contribution is 6.99. The average molecular weight is 277 g/mol. The van der Waals surface area contributed by atoms with Gasteiger partial charge in [-0.1, -0.05) is 41.9 Å². The van der Waals surface area contributed by atoms with E-state index in [-0.39, 0.29) is 5.46 Å². The second-order valence-electron chi connectivity index (χ2n) is 5.10. The van der Waals surface area contributed by atoms with E-state index in [1.54, 1.807) is 12.3 Å². The molecule has 1 aliphatic heterocycles. The van der Waals surface area contributed by atoms with E-state index in [0.717, 1.165) is 22.2 Å². The van der Waals surface area contributed by atoms with Gasteiger partial charge in [-0.05, 0) is 29.2 Å². The zero-order valence-electron chi connectivity index (χ0n) is 11.1. The number of halogens is 2. The van der Waals surface area contributed by atoms with Crippen molar-refractivity contribution in [1.82, 2.24) is 4.98 Å². The molecule has 0 bridgehead atoms. The topological polar surface area (TPSA) is 12.9 Å². The highest BCUT2D eigenvalue weighted by Crippen LogP contribution is 2.21. The fourth-order valence-electron chi connectivity index (χ4n) is 3.11. The third kappa shape index (κ3) is 1.72. The number of benzene rings is 2. The van der Waals surface area contributed by atoms with E-state index in [4.69, 9.17) is 0 Å². The maximum atomic E-state index is 14.2. The molecule has 1 nitrogen and oxygen atoms in total. The Morgan fingerprint density at radius 3 is 2.29 bits per heavy atom. The van der Waals surface area contributed by atoms with Crippen LogP contribution in [0.2, 0.25) is 0 Å². The zero-order valence-corrected chi connectivity index (χ0v) is 11.1. The van der Waals surface area contributed by atoms with E-state index in [9.17, 15) is 8.78 Å². The van der Waals surface area contributed by atoms with E-state index in [1.165, 1.54) is 18.2 Å². The van der Waals surface area contributed by atoms with Crippen LogP contribution in [-0.2, 0) is 0 Å². The van der Waals surface area contributed by atoms with Crippen molar-refractivity contribution in [3.63, 3.8) is 0 Å². The molecule has 21 heavy (non-hydrogen) atoms. The van der Waals surface area contributed by atoms with Gasteiger partial charge in [0.05, 0.1) is 5.69 Å². The van der Waals surface area contributed by atoms with Gasteiger partial charge < -0.3 is 0 Å². The molecule has 0 saturated carbocycles. The molecule has 0 unspecified atom stereocenters. The number of hydrogen-bond acceptors (Lipinski definition) is 1. The highest BCUT2D eigenvalue weighted by Gasteiger charge is 2.37. The van der Waals surface area contributed by atoms with Gasteiger partial charge in [0.25, 0.3) is 6.71 Å². The van der Waals surface area contributed by atoms with Crippen molar-refractivity contribution in [2.75, 3.05) is 0 Å². The van der Waals surface area contributed by atoms with Gasteiger partial charge in [-0.15, -0.1) is 0 Å². The molecule has 2 heterocycles. The number of nitrogens with zero attached hydrogens (tertiary/aromatic N) is 1. The second kappa shape index (κ2) is 4.52. The van der Waals surface area contributed by atoms with Crippen LogP contribution < -0.4 is 16.4 Å². The Morgan fingerprint density at radius 2 is 1.48 bits per heavy atom. The summed E-state index contributed by atoms with van der Waals surface area (Å²) in [5.41, 5.74) is 3.59. The molecule has 0 N–H and O–H groups in total. The lowest BCUT2D eigenvalue weighted by Gasteiger charge is -2.12. The first kappa shape index (κ1) is 12.3. The third-order valence-electron chi connectivity index (χ3n) is 3.97. The van der Waals surface area contributed by atoms with Crippen LogP contribution in [0, 0.1) is 11.6 Å². The van der Waals surface area contributed by atoms with Crippen LogP contribution in [-0.4, -0.2) is 11.7 Å². The van der Waals surface area contributed by atoms with Gasteiger partial charge in [-0.2, -0.15) is 0 Å². The fraction of sp³-hybridized carbons (Fsp3) is 0. The van der Waals surface area contributed by atoms with Crippen molar-refractivity contribution in [3.8, 4) is 11.3 Å². The minimum Gasteiger partial charge on any atom is -0.257 e. The Kier molecular flexibility index (Phi) is 2.64. The summed E-state index contributed by atoms with van der Waals surface area (Å²) in [5, 5.41) is 0. The number of fused-ring (bicyclic) bond motifs is 3. The van der Waals surface area contributed by atoms with Crippen molar-refractivity contribution < 1.29 is 8.78 Å². The molecule has 1 aromatic heterocycles. The van der Waals surface area contributed by atoms with Gasteiger partial charge in [0, 0.05) is 11.7 Å². The van der Waals surface area contributed by atoms with Crippen molar-refractivity contribution in [3.05, 3.63) is 72.4 Å². The molecular weight excluding hydrogens is 267 g/mol. The molecule has 2 aromatic carbocycles.